The lowest BCUT2D eigenvalue weighted by Gasteiger charge is -2.35. The van der Waals surface area contributed by atoms with Crippen LogP contribution < -0.4 is 20.8 Å². The SMILES string of the molecule is CCN1CCN(c2ccc(NC(=O)CSc3nnc(COc4ccc(C)cc4C)n3N)cc2)CC1. The van der Waals surface area contributed by atoms with Gasteiger partial charge in [0.1, 0.15) is 12.4 Å². The van der Waals surface area contributed by atoms with Crippen molar-refractivity contribution in [3.63, 3.8) is 0 Å². The van der Waals surface area contributed by atoms with Gasteiger partial charge in [0.25, 0.3) is 0 Å². The van der Waals surface area contributed by atoms with E-state index in [0.717, 1.165) is 49.7 Å². The number of likely N-dealkylation sites (N-methyl/N-ethyl adjacent to an activating group) is 1. The largest absolute Gasteiger partial charge is 0.485 e. The average Bonchev–Trinajstić information content (AvgIpc) is 3.22. The molecule has 0 saturated carbocycles. The minimum Gasteiger partial charge on any atom is -0.485 e. The standard InChI is InChI=1S/C25H33N7O2S/c1-4-30-11-13-31(14-12-30)21-8-6-20(7-9-21)27-24(33)17-35-25-29-28-23(32(25)26)16-34-22-10-5-18(2)15-19(22)3/h5-10,15H,4,11-14,16-17,26H2,1-3H3,(H,27,33). The third kappa shape index (κ3) is 6.46. The molecular formula is C25H33N7O2S. The molecule has 0 spiro atoms. The van der Waals surface area contributed by atoms with E-state index in [1.54, 1.807) is 0 Å². The fourth-order valence-corrected chi connectivity index (χ4v) is 4.69. The maximum Gasteiger partial charge on any atom is 0.234 e. The Morgan fingerprint density at radius 3 is 2.51 bits per heavy atom. The van der Waals surface area contributed by atoms with Crippen LogP contribution in [-0.4, -0.2) is 64.2 Å². The first-order valence-corrected chi connectivity index (χ1v) is 12.8. The maximum atomic E-state index is 12.5. The van der Waals surface area contributed by atoms with E-state index in [1.165, 1.54) is 27.7 Å². The zero-order valence-corrected chi connectivity index (χ0v) is 21.3. The second-order valence-electron chi connectivity index (χ2n) is 8.63. The molecule has 1 aromatic heterocycles. The molecule has 9 nitrogen and oxygen atoms in total. The van der Waals surface area contributed by atoms with E-state index in [0.29, 0.717) is 11.0 Å². The van der Waals surface area contributed by atoms with Crippen molar-refractivity contribution in [2.24, 2.45) is 0 Å². The van der Waals surface area contributed by atoms with Gasteiger partial charge in [0, 0.05) is 37.6 Å². The van der Waals surface area contributed by atoms with E-state index in [4.69, 9.17) is 10.6 Å². The number of hydrogen-bond donors (Lipinski definition) is 2. The van der Waals surface area contributed by atoms with Crippen molar-refractivity contribution in [1.29, 1.82) is 0 Å². The number of aromatic nitrogens is 3. The fraction of sp³-hybridized carbons (Fsp3) is 0.400. The Bertz CT molecular complexity index is 1140. The van der Waals surface area contributed by atoms with Crippen molar-refractivity contribution in [3.05, 3.63) is 59.4 Å². The van der Waals surface area contributed by atoms with Crippen LogP contribution in [0.4, 0.5) is 11.4 Å². The lowest BCUT2D eigenvalue weighted by atomic mass is 10.1. The number of anilines is 2. The minimum atomic E-state index is -0.129. The first-order chi connectivity index (χ1) is 16.9. The predicted molar refractivity (Wildman–Crippen MR) is 141 cm³/mol. The molecule has 0 atom stereocenters. The molecular weight excluding hydrogens is 462 g/mol. The van der Waals surface area contributed by atoms with Crippen LogP contribution in [0.1, 0.15) is 23.9 Å². The van der Waals surface area contributed by atoms with Crippen LogP contribution in [-0.2, 0) is 11.4 Å². The normalized spacial score (nSPS) is 14.2. The summed E-state index contributed by atoms with van der Waals surface area (Å²) >= 11 is 1.23. The number of carbonyl (C=O) groups is 1. The average molecular weight is 496 g/mol. The van der Waals surface area contributed by atoms with E-state index in [-0.39, 0.29) is 18.3 Å². The summed E-state index contributed by atoms with van der Waals surface area (Å²) in [4.78, 5) is 17.3. The van der Waals surface area contributed by atoms with E-state index >= 15 is 0 Å². The Balaban J connectivity index is 1.25. The lowest BCUT2D eigenvalue weighted by Crippen LogP contribution is -2.46. The molecule has 35 heavy (non-hydrogen) atoms. The number of nitrogens with one attached hydrogen (secondary N) is 1. The Morgan fingerprint density at radius 1 is 1.09 bits per heavy atom. The number of rotatable bonds is 9. The Labute approximate surface area is 210 Å². The Kier molecular flexibility index (Phi) is 8.14. The summed E-state index contributed by atoms with van der Waals surface area (Å²) in [5.74, 6) is 7.44. The van der Waals surface area contributed by atoms with Gasteiger partial charge in [-0.2, -0.15) is 0 Å². The van der Waals surface area contributed by atoms with Crippen LogP contribution in [0.15, 0.2) is 47.6 Å². The summed E-state index contributed by atoms with van der Waals surface area (Å²) in [6.45, 7) is 11.7. The summed E-state index contributed by atoms with van der Waals surface area (Å²) in [7, 11) is 0. The molecule has 0 bridgehead atoms. The monoisotopic (exact) mass is 495 g/mol. The predicted octanol–water partition coefficient (Wildman–Crippen LogP) is 3.06. The van der Waals surface area contributed by atoms with Crippen molar-refractivity contribution in [2.75, 3.05) is 54.5 Å². The number of hydrogen-bond acceptors (Lipinski definition) is 8. The summed E-state index contributed by atoms with van der Waals surface area (Å²) in [5.41, 5.74) is 4.17. The molecule has 10 heteroatoms. The Morgan fingerprint density at radius 2 is 1.83 bits per heavy atom. The molecule has 4 rings (SSSR count). The number of nitrogen functional groups attached to an aromatic ring is 1. The number of nitrogens with two attached hydrogens (primary N) is 1. The summed E-state index contributed by atoms with van der Waals surface area (Å²) < 4.78 is 7.21. The van der Waals surface area contributed by atoms with Gasteiger partial charge in [-0.15, -0.1) is 10.2 Å². The number of carbonyl (C=O) groups excluding carboxylic acids is 1. The van der Waals surface area contributed by atoms with Crippen molar-refractivity contribution in [3.8, 4) is 5.75 Å². The number of piperazine rings is 1. The van der Waals surface area contributed by atoms with Gasteiger partial charge >= 0.3 is 0 Å². The van der Waals surface area contributed by atoms with Gasteiger partial charge in [-0.25, -0.2) is 4.68 Å². The highest BCUT2D eigenvalue weighted by atomic mass is 32.2. The lowest BCUT2D eigenvalue weighted by molar-refractivity contribution is -0.113. The summed E-state index contributed by atoms with van der Waals surface area (Å²) in [6.07, 6.45) is 0. The molecule has 1 fully saturated rings. The van der Waals surface area contributed by atoms with Crippen molar-refractivity contribution >= 4 is 29.0 Å². The number of aryl methyl sites for hydroxylation is 2. The molecule has 1 aliphatic heterocycles. The molecule has 1 saturated heterocycles. The second kappa shape index (κ2) is 11.5. The van der Waals surface area contributed by atoms with Crippen LogP contribution in [0.2, 0.25) is 0 Å². The quantitative estimate of drug-likeness (QED) is 0.345. The first-order valence-electron chi connectivity index (χ1n) is 11.8. The van der Waals surface area contributed by atoms with Gasteiger partial charge in [0.15, 0.2) is 5.82 Å². The number of amides is 1. The highest BCUT2D eigenvalue weighted by molar-refractivity contribution is 7.99. The fourth-order valence-electron chi connectivity index (χ4n) is 4.01. The molecule has 0 aliphatic carbocycles. The Hall–Kier alpha value is -3.24. The van der Waals surface area contributed by atoms with Gasteiger partial charge in [-0.1, -0.05) is 36.4 Å². The molecule has 3 N–H and O–H groups in total. The molecule has 2 aromatic carbocycles. The third-order valence-corrected chi connectivity index (χ3v) is 7.03. The third-order valence-electron chi connectivity index (χ3n) is 6.09. The maximum absolute atomic E-state index is 12.5. The van der Waals surface area contributed by atoms with Crippen LogP contribution in [0.25, 0.3) is 0 Å². The molecule has 0 radical (unpaired) electrons. The number of ether oxygens (including phenoxy) is 1. The number of nitrogens with zero attached hydrogens (tertiary/aromatic N) is 5. The second-order valence-corrected chi connectivity index (χ2v) is 9.57. The summed E-state index contributed by atoms with van der Waals surface area (Å²) in [6, 6.07) is 14.0. The van der Waals surface area contributed by atoms with Crippen molar-refractivity contribution in [1.82, 2.24) is 19.8 Å². The zero-order valence-electron chi connectivity index (χ0n) is 20.5. The van der Waals surface area contributed by atoms with Gasteiger partial charge in [-0.3, -0.25) is 4.79 Å². The molecule has 0 unspecified atom stereocenters. The van der Waals surface area contributed by atoms with E-state index in [1.807, 2.05) is 38.1 Å². The number of thioether (sulfide) groups is 1. The highest BCUT2D eigenvalue weighted by Gasteiger charge is 2.16. The molecule has 1 aliphatic rings. The van der Waals surface area contributed by atoms with Crippen molar-refractivity contribution < 1.29 is 9.53 Å². The highest BCUT2D eigenvalue weighted by Crippen LogP contribution is 2.22. The van der Waals surface area contributed by atoms with Gasteiger partial charge in [0.05, 0.1) is 5.75 Å². The van der Waals surface area contributed by atoms with Crippen molar-refractivity contribution in [2.45, 2.75) is 32.5 Å². The molecule has 1 amide bonds. The topological polar surface area (TPSA) is 102 Å². The van der Waals surface area contributed by atoms with Gasteiger partial charge in [0.2, 0.25) is 11.1 Å². The molecule has 2 heterocycles. The van der Waals surface area contributed by atoms with Gasteiger partial charge in [-0.05, 0) is 56.3 Å². The van der Waals surface area contributed by atoms with Crippen LogP contribution in [0, 0.1) is 13.8 Å². The van der Waals surface area contributed by atoms with E-state index in [2.05, 4.69) is 50.4 Å². The smallest absolute Gasteiger partial charge is 0.234 e. The van der Waals surface area contributed by atoms with Crippen LogP contribution in [0.5, 0.6) is 5.75 Å². The van der Waals surface area contributed by atoms with Crippen LogP contribution >= 0.6 is 11.8 Å². The van der Waals surface area contributed by atoms with E-state index < -0.39 is 0 Å². The molecule has 186 valence electrons. The zero-order chi connectivity index (χ0) is 24.8. The van der Waals surface area contributed by atoms with Crippen LogP contribution in [0.3, 0.4) is 0 Å². The summed E-state index contributed by atoms with van der Waals surface area (Å²) in [5, 5.41) is 11.6. The van der Waals surface area contributed by atoms with E-state index in [9.17, 15) is 4.79 Å². The number of benzene rings is 2. The van der Waals surface area contributed by atoms with Gasteiger partial charge < -0.3 is 25.7 Å². The molecule has 3 aromatic rings. The minimum absolute atomic E-state index is 0.129. The first kappa shape index (κ1) is 24.9.